The molecule has 0 aromatic carbocycles. The topological polar surface area (TPSA) is 58.8 Å². The number of nitrogens with zero attached hydrogens (tertiary/aromatic N) is 3. The van der Waals surface area contributed by atoms with Gasteiger partial charge in [-0.05, 0) is 64.3 Å². The van der Waals surface area contributed by atoms with Gasteiger partial charge in [0.25, 0.3) is 0 Å². The Bertz CT molecular complexity index is 1480. The quantitative estimate of drug-likeness (QED) is 0.199. The molecule has 6 nitrogen and oxygen atoms in total. The molecular weight excluding hydrogens is 591 g/mol. The van der Waals surface area contributed by atoms with Crippen molar-refractivity contribution in [2.45, 2.75) is 72.4 Å². The highest BCUT2D eigenvalue weighted by Crippen LogP contribution is 2.36. The smallest absolute Gasteiger partial charge is 0.415 e. The Balaban J connectivity index is 0.000000392. The monoisotopic (exact) mass is 637 g/mol. The lowest BCUT2D eigenvalue weighted by molar-refractivity contribution is -0.00149. The van der Waals surface area contributed by atoms with Gasteiger partial charge in [0.05, 0.1) is 12.2 Å². The maximum Gasteiger partial charge on any atom is 0.415 e. The number of piperidine rings is 1. The number of hydrogen-bond donors (Lipinski definition) is 0. The van der Waals surface area contributed by atoms with E-state index in [1.807, 2.05) is 32.1 Å². The summed E-state index contributed by atoms with van der Waals surface area (Å²) in [4.78, 5) is 21.7. The van der Waals surface area contributed by atoms with Crippen molar-refractivity contribution >= 4 is 20.9 Å². The second-order valence-corrected chi connectivity index (χ2v) is 12.0. The summed E-state index contributed by atoms with van der Waals surface area (Å²) in [6.07, 6.45) is 20.1. The molecule has 4 rings (SSSR count). The third-order valence-electron chi connectivity index (χ3n) is 7.87. The van der Waals surface area contributed by atoms with Gasteiger partial charge in [-0.3, -0.25) is 9.80 Å². The van der Waals surface area contributed by atoms with Gasteiger partial charge in [0.1, 0.15) is 23.0 Å². The van der Waals surface area contributed by atoms with Crippen LogP contribution in [0.15, 0.2) is 106 Å². The molecule has 0 N–H and O–H groups in total. The van der Waals surface area contributed by atoms with Crippen molar-refractivity contribution in [3.8, 4) is 0 Å². The van der Waals surface area contributed by atoms with Crippen molar-refractivity contribution in [3.05, 3.63) is 119 Å². The van der Waals surface area contributed by atoms with Gasteiger partial charge < -0.3 is 9.15 Å². The second-order valence-electron chi connectivity index (χ2n) is 11.4. The van der Waals surface area contributed by atoms with Crippen LogP contribution in [0.1, 0.15) is 70.7 Å². The molecule has 2 fully saturated rings. The predicted octanol–water partition coefficient (Wildman–Crippen LogP) is 9.59. The lowest BCUT2D eigenvalue weighted by Crippen LogP contribution is -2.46. The zero-order valence-electron chi connectivity index (χ0n) is 27.2. The van der Waals surface area contributed by atoms with Crippen molar-refractivity contribution < 1.29 is 22.7 Å². The number of ether oxygens (including phenoxy) is 1. The van der Waals surface area contributed by atoms with E-state index in [0.29, 0.717) is 18.0 Å². The first kappa shape index (κ1) is 35.9. The first-order valence-corrected chi connectivity index (χ1v) is 15.9. The van der Waals surface area contributed by atoms with Crippen LogP contribution in [0.5, 0.6) is 0 Å². The Hall–Kier alpha value is -3.61. The number of carbonyl (C=O) groups excluding carboxylic acids is 1. The lowest BCUT2D eigenvalue weighted by Gasteiger charge is -2.37. The summed E-state index contributed by atoms with van der Waals surface area (Å²) in [5.74, 6) is 0.504. The van der Waals surface area contributed by atoms with Crippen LogP contribution in [-0.4, -0.2) is 46.1 Å². The van der Waals surface area contributed by atoms with Gasteiger partial charge in [0.15, 0.2) is 0 Å². The van der Waals surface area contributed by atoms with Crippen LogP contribution in [0.25, 0.3) is 5.57 Å². The third-order valence-corrected chi connectivity index (χ3v) is 8.31. The molecular formula is C36H46F2N3O3P. The zero-order chi connectivity index (χ0) is 33.1. The second kappa shape index (κ2) is 16.6. The molecule has 1 spiro atoms. The summed E-state index contributed by atoms with van der Waals surface area (Å²) in [6, 6.07) is 0. The number of hydrogen-bond acceptors (Lipinski definition) is 5. The van der Waals surface area contributed by atoms with Crippen molar-refractivity contribution in [3.63, 3.8) is 0 Å². The molecule has 1 amide bonds. The van der Waals surface area contributed by atoms with E-state index in [1.165, 1.54) is 18.6 Å². The van der Waals surface area contributed by atoms with Crippen LogP contribution >= 0.6 is 9.24 Å². The average molecular weight is 638 g/mol. The molecule has 1 aliphatic carbocycles. The Kier molecular flexibility index (Phi) is 13.3. The maximum absolute atomic E-state index is 12.7. The van der Waals surface area contributed by atoms with Crippen molar-refractivity contribution in [1.29, 1.82) is 0 Å². The van der Waals surface area contributed by atoms with E-state index in [4.69, 9.17) is 14.1 Å². The van der Waals surface area contributed by atoms with Crippen molar-refractivity contribution in [1.82, 2.24) is 14.8 Å². The van der Waals surface area contributed by atoms with E-state index in [2.05, 4.69) is 65.4 Å². The Morgan fingerprint density at radius 2 is 1.91 bits per heavy atom. The van der Waals surface area contributed by atoms with Crippen LogP contribution in [0, 0.1) is 6.92 Å². The summed E-state index contributed by atoms with van der Waals surface area (Å²) >= 11 is 0. The van der Waals surface area contributed by atoms with Gasteiger partial charge in [-0.15, -0.1) is 9.24 Å². The molecule has 3 aliphatic rings. The largest absolute Gasteiger partial charge is 0.441 e. The lowest BCUT2D eigenvalue weighted by atomic mass is 9.91. The Morgan fingerprint density at radius 3 is 2.53 bits per heavy atom. The average Bonchev–Trinajstić information content (AvgIpc) is 3.44. The molecule has 3 heterocycles. The van der Waals surface area contributed by atoms with Gasteiger partial charge in [0.2, 0.25) is 5.89 Å². The third kappa shape index (κ3) is 9.94. The number of amides is 1. The summed E-state index contributed by atoms with van der Waals surface area (Å²) < 4.78 is 37.0. The standard InChI is InChI=1S/C27H35N3O3.C9H11F2P/c1-5-8-22(9-6-2)25-28-24(21(4)32-25)18-29-16-14-27(15-17-29)19-30(26(31)33-27)23-11-7-10-20(3)12-13-23;1-4-8(11)9(12)5-6(2)7(3)10/h5,8-13H,6-7,14-19H2,1-4H3;4-5H,1,3,12H2,2H3/b8-5-,22-9+;6-5-,9-8-. The number of carbonyl (C=O) groups is 1. The Morgan fingerprint density at radius 1 is 1.20 bits per heavy atom. The number of likely N-dealkylation sites (tertiary alicyclic amines) is 1. The predicted molar refractivity (Wildman–Crippen MR) is 182 cm³/mol. The van der Waals surface area contributed by atoms with E-state index in [-0.39, 0.29) is 11.4 Å². The minimum atomic E-state index is -0.563. The molecule has 1 aromatic heterocycles. The first-order chi connectivity index (χ1) is 21.4. The minimum Gasteiger partial charge on any atom is -0.441 e. The zero-order valence-corrected chi connectivity index (χ0v) is 28.3. The molecule has 45 heavy (non-hydrogen) atoms. The normalized spacial score (nSPS) is 19.5. The minimum absolute atomic E-state index is 0.227. The highest BCUT2D eigenvalue weighted by molar-refractivity contribution is 7.23. The fourth-order valence-corrected chi connectivity index (χ4v) is 5.52. The summed E-state index contributed by atoms with van der Waals surface area (Å²) in [7, 11) is 2.16. The molecule has 2 saturated heterocycles. The van der Waals surface area contributed by atoms with Crippen LogP contribution < -0.4 is 0 Å². The maximum atomic E-state index is 12.7. The van der Waals surface area contributed by atoms with Gasteiger partial charge in [-0.1, -0.05) is 62.1 Å². The van der Waals surface area contributed by atoms with Gasteiger partial charge in [-0.25, -0.2) is 18.6 Å². The molecule has 0 saturated carbocycles. The number of allylic oxidation sites excluding steroid dienone is 15. The van der Waals surface area contributed by atoms with Crippen molar-refractivity contribution in [2.24, 2.45) is 0 Å². The molecule has 1 aromatic rings. The van der Waals surface area contributed by atoms with Crippen LogP contribution in [0.2, 0.25) is 0 Å². The fourth-order valence-electron chi connectivity index (χ4n) is 5.15. The molecule has 1 unspecified atom stereocenters. The molecule has 242 valence electrons. The number of rotatable bonds is 9. The highest BCUT2D eigenvalue weighted by Gasteiger charge is 2.47. The Labute approximate surface area is 269 Å². The van der Waals surface area contributed by atoms with Crippen LogP contribution in [-0.2, 0) is 11.3 Å². The van der Waals surface area contributed by atoms with E-state index in [0.717, 1.165) is 74.1 Å². The van der Waals surface area contributed by atoms with Gasteiger partial charge >= 0.3 is 6.09 Å². The number of halogens is 2. The summed E-state index contributed by atoms with van der Waals surface area (Å²) in [5.41, 5.74) is 4.06. The molecule has 9 heteroatoms. The molecule has 2 aliphatic heterocycles. The van der Waals surface area contributed by atoms with E-state index in [9.17, 15) is 13.6 Å². The van der Waals surface area contributed by atoms with Crippen molar-refractivity contribution in [2.75, 3.05) is 19.6 Å². The van der Waals surface area contributed by atoms with E-state index < -0.39 is 17.3 Å². The SMILES string of the molecule is C/C=C\C(=C/CC)c1nc(CN2CCC3(CC2)CN(C2=CCC=C(C)C=C2)C(=O)O3)c(C)o1.C=C/C(F)=C(P)\C=C(\C)C(=C)F. The summed E-state index contributed by atoms with van der Waals surface area (Å²) in [6.45, 7) is 19.1. The number of aryl methyl sites for hydroxylation is 1. The number of oxazole rings is 1. The number of aromatic nitrogens is 1. The van der Waals surface area contributed by atoms with E-state index in [1.54, 1.807) is 4.90 Å². The molecule has 0 bridgehead atoms. The molecule has 1 atom stereocenters. The molecule has 0 radical (unpaired) electrons. The van der Waals surface area contributed by atoms with Gasteiger partial charge in [0, 0.05) is 49.1 Å². The van der Waals surface area contributed by atoms with Crippen LogP contribution in [0.4, 0.5) is 13.6 Å². The first-order valence-electron chi connectivity index (χ1n) is 15.3. The van der Waals surface area contributed by atoms with E-state index >= 15 is 0 Å². The fraction of sp³-hybridized carbons (Fsp3) is 0.389. The van der Waals surface area contributed by atoms with Crippen LogP contribution in [0.3, 0.4) is 0 Å². The summed E-state index contributed by atoms with van der Waals surface area (Å²) in [5, 5.41) is 0.265. The van der Waals surface area contributed by atoms with Gasteiger partial charge in [-0.2, -0.15) is 0 Å². The highest BCUT2D eigenvalue weighted by atomic mass is 31.0.